The summed E-state index contributed by atoms with van der Waals surface area (Å²) in [6, 6.07) is 22.6. The highest BCUT2D eigenvalue weighted by molar-refractivity contribution is 8.25. The van der Waals surface area contributed by atoms with E-state index in [0.29, 0.717) is 22.8 Å². The Balaban J connectivity index is 1.62. The molecule has 2 N–H and O–H groups in total. The Morgan fingerprint density at radius 2 is 1.64 bits per heavy atom. The van der Waals surface area contributed by atoms with Crippen LogP contribution in [0.2, 0.25) is 0 Å². The van der Waals surface area contributed by atoms with E-state index in [4.69, 9.17) is 4.74 Å². The summed E-state index contributed by atoms with van der Waals surface area (Å²) in [5.41, 5.74) is 1.44. The van der Waals surface area contributed by atoms with Crippen molar-refractivity contribution in [2.24, 2.45) is 0 Å². The van der Waals surface area contributed by atoms with E-state index in [2.05, 4.69) is 0 Å². The van der Waals surface area contributed by atoms with Gasteiger partial charge in [-0.3, -0.25) is 9.11 Å². The number of hydrogen-bond donors (Lipinski definition) is 2. The van der Waals surface area contributed by atoms with Gasteiger partial charge in [0, 0.05) is 0 Å². The second kappa shape index (κ2) is 7.25. The van der Waals surface area contributed by atoms with Crippen LogP contribution in [-0.4, -0.2) is 23.3 Å². The normalized spacial score (nSPS) is 19.0. The van der Waals surface area contributed by atoms with Gasteiger partial charge in [-0.1, -0.05) is 54.6 Å². The van der Waals surface area contributed by atoms with Gasteiger partial charge in [-0.2, -0.15) is 10.6 Å². The number of fused-ring (bicyclic) bond motifs is 1. The summed E-state index contributed by atoms with van der Waals surface area (Å²) in [5, 5.41) is -0.988. The highest BCUT2D eigenvalue weighted by atomic mass is 32.3. The van der Waals surface area contributed by atoms with Crippen LogP contribution in [0, 0.1) is 0 Å². The minimum atomic E-state index is -3.81. The Morgan fingerprint density at radius 1 is 0.929 bits per heavy atom. The molecule has 3 aromatic rings. The average molecular weight is 417 g/mol. The lowest BCUT2D eigenvalue weighted by Gasteiger charge is -2.27. The summed E-state index contributed by atoms with van der Waals surface area (Å²) in [4.78, 5) is 0.426. The van der Waals surface area contributed by atoms with Crippen LogP contribution in [0.1, 0.15) is 16.4 Å². The third kappa shape index (κ3) is 3.54. The molecule has 146 valence electrons. The maximum atomic E-state index is 13.2. The molecule has 0 bridgehead atoms. The maximum absolute atomic E-state index is 13.2. The number of sulfone groups is 1. The van der Waals surface area contributed by atoms with Gasteiger partial charge in [0.25, 0.3) is 0 Å². The molecule has 0 saturated heterocycles. The third-order valence-electron chi connectivity index (χ3n) is 4.76. The SMILES string of the molecule is O=S(=O)(c1cccc(OCc2ccccc2)c1)C1CS(O)(O)c2ccccc21. The molecule has 0 fully saturated rings. The zero-order valence-electron chi connectivity index (χ0n) is 14.9. The molecular weight excluding hydrogens is 396 g/mol. The first-order valence-electron chi connectivity index (χ1n) is 8.73. The van der Waals surface area contributed by atoms with E-state index in [0.717, 1.165) is 5.56 Å². The largest absolute Gasteiger partial charge is 0.489 e. The molecule has 0 spiro atoms. The van der Waals surface area contributed by atoms with Gasteiger partial charge in [-0.25, -0.2) is 8.42 Å². The lowest BCUT2D eigenvalue weighted by atomic mass is 10.2. The molecule has 0 saturated carbocycles. The molecule has 1 aliphatic heterocycles. The lowest BCUT2D eigenvalue weighted by Crippen LogP contribution is -2.15. The Morgan fingerprint density at radius 3 is 2.43 bits per heavy atom. The van der Waals surface area contributed by atoms with Crippen molar-refractivity contribution >= 4 is 20.4 Å². The molecule has 1 unspecified atom stereocenters. The van der Waals surface area contributed by atoms with Crippen molar-refractivity contribution in [2.75, 3.05) is 5.75 Å². The molecule has 1 atom stereocenters. The van der Waals surface area contributed by atoms with Gasteiger partial charge in [-0.15, -0.1) is 0 Å². The highest BCUT2D eigenvalue weighted by Gasteiger charge is 2.42. The van der Waals surface area contributed by atoms with Gasteiger partial charge >= 0.3 is 0 Å². The van der Waals surface area contributed by atoms with Crippen LogP contribution in [0.5, 0.6) is 5.75 Å². The smallest absolute Gasteiger partial charge is 0.187 e. The van der Waals surface area contributed by atoms with E-state index in [1.807, 2.05) is 30.3 Å². The summed E-state index contributed by atoms with van der Waals surface area (Å²) in [5.74, 6) is 0.229. The third-order valence-corrected chi connectivity index (χ3v) is 8.92. The van der Waals surface area contributed by atoms with Gasteiger partial charge in [0.2, 0.25) is 0 Å². The summed E-state index contributed by atoms with van der Waals surface area (Å²) in [6.07, 6.45) is 0. The van der Waals surface area contributed by atoms with Crippen LogP contribution in [-0.2, 0) is 16.4 Å². The van der Waals surface area contributed by atoms with Crippen molar-refractivity contribution in [3.63, 3.8) is 0 Å². The zero-order chi connectivity index (χ0) is 19.8. The number of rotatable bonds is 5. The van der Waals surface area contributed by atoms with E-state index in [1.165, 1.54) is 12.1 Å². The lowest BCUT2D eigenvalue weighted by molar-refractivity contribution is 0.305. The van der Waals surface area contributed by atoms with E-state index in [-0.39, 0.29) is 10.6 Å². The molecule has 0 amide bonds. The van der Waals surface area contributed by atoms with Crippen molar-refractivity contribution in [1.29, 1.82) is 0 Å². The highest BCUT2D eigenvalue weighted by Crippen LogP contribution is 2.61. The second-order valence-corrected chi connectivity index (χ2v) is 10.9. The molecule has 5 nitrogen and oxygen atoms in total. The predicted molar refractivity (Wildman–Crippen MR) is 110 cm³/mol. The number of ether oxygens (including phenoxy) is 1. The van der Waals surface area contributed by atoms with Crippen LogP contribution in [0.3, 0.4) is 0 Å². The minimum Gasteiger partial charge on any atom is -0.489 e. The number of hydrogen-bond acceptors (Lipinski definition) is 5. The Hall–Kier alpha value is -2.32. The second-order valence-electron chi connectivity index (χ2n) is 6.65. The Labute approximate surface area is 165 Å². The molecule has 1 aliphatic rings. The van der Waals surface area contributed by atoms with Crippen LogP contribution >= 0.6 is 10.6 Å². The fourth-order valence-electron chi connectivity index (χ4n) is 3.34. The van der Waals surface area contributed by atoms with Crippen molar-refractivity contribution in [1.82, 2.24) is 0 Å². The van der Waals surface area contributed by atoms with Gasteiger partial charge in [0.1, 0.15) is 17.6 Å². The summed E-state index contributed by atoms with van der Waals surface area (Å²) in [7, 11) is -6.92. The van der Waals surface area contributed by atoms with Gasteiger partial charge in [-0.05, 0) is 35.4 Å². The first-order valence-corrected chi connectivity index (χ1v) is 12.0. The Kier molecular flexibility index (Phi) is 4.93. The van der Waals surface area contributed by atoms with Gasteiger partial charge in [0.05, 0.1) is 15.5 Å². The van der Waals surface area contributed by atoms with Gasteiger partial charge in [0.15, 0.2) is 9.84 Å². The molecule has 1 heterocycles. The van der Waals surface area contributed by atoms with E-state index in [1.54, 1.807) is 36.4 Å². The standard InChI is InChI=1S/C21H20O5S2/c22-27(23)15-21(19-11-4-5-12-20(19)27)28(24,25)18-10-6-9-17(13-18)26-14-16-7-2-1-3-8-16/h1-13,21-23H,14-15H2. The minimum absolute atomic E-state index is 0.106. The van der Waals surface area contributed by atoms with Crippen LogP contribution < -0.4 is 4.74 Å². The average Bonchev–Trinajstić information content (AvgIpc) is 2.99. The fourth-order valence-corrected chi connectivity index (χ4v) is 7.78. The van der Waals surface area contributed by atoms with Crippen LogP contribution in [0.25, 0.3) is 0 Å². The molecule has 7 heteroatoms. The molecule has 0 aliphatic carbocycles. The predicted octanol–water partition coefficient (Wildman–Crippen LogP) is 4.90. The van der Waals surface area contributed by atoms with Crippen LogP contribution in [0.15, 0.2) is 88.7 Å². The van der Waals surface area contributed by atoms with Gasteiger partial charge < -0.3 is 4.74 Å². The first-order chi connectivity index (χ1) is 13.4. The quantitative estimate of drug-likeness (QED) is 0.618. The molecule has 0 radical (unpaired) electrons. The zero-order valence-corrected chi connectivity index (χ0v) is 16.6. The maximum Gasteiger partial charge on any atom is 0.187 e. The summed E-state index contributed by atoms with van der Waals surface area (Å²) in [6.45, 7) is 0.330. The van der Waals surface area contributed by atoms with Crippen molar-refractivity contribution in [2.45, 2.75) is 21.6 Å². The van der Waals surface area contributed by atoms with E-state index >= 15 is 0 Å². The molecule has 28 heavy (non-hydrogen) atoms. The fraction of sp³-hybridized carbons (Fsp3) is 0.143. The van der Waals surface area contributed by atoms with Crippen molar-refractivity contribution < 1.29 is 22.3 Å². The van der Waals surface area contributed by atoms with E-state index in [9.17, 15) is 17.5 Å². The van der Waals surface area contributed by atoms with E-state index < -0.39 is 25.7 Å². The van der Waals surface area contributed by atoms with Crippen molar-refractivity contribution in [3.8, 4) is 5.75 Å². The monoisotopic (exact) mass is 416 g/mol. The molecule has 3 aromatic carbocycles. The summed E-state index contributed by atoms with van der Waals surface area (Å²) >= 11 is 0. The number of benzene rings is 3. The van der Waals surface area contributed by atoms with Crippen molar-refractivity contribution in [3.05, 3.63) is 90.0 Å². The Bertz CT molecular complexity index is 1090. The summed E-state index contributed by atoms with van der Waals surface area (Å²) < 4.78 is 52.9. The molecule has 0 aromatic heterocycles. The first kappa shape index (κ1) is 19.0. The molecular formula is C21H20O5S2. The molecule has 4 rings (SSSR count). The topological polar surface area (TPSA) is 83.8 Å². The van der Waals surface area contributed by atoms with Crippen LogP contribution in [0.4, 0.5) is 0 Å².